The zero-order valence-electron chi connectivity index (χ0n) is 17.6. The van der Waals surface area contributed by atoms with E-state index in [4.69, 9.17) is 18.9 Å². The van der Waals surface area contributed by atoms with Crippen molar-refractivity contribution in [1.82, 2.24) is 0 Å². The number of hydrogen-bond acceptors (Lipinski definition) is 7. The van der Waals surface area contributed by atoms with Crippen molar-refractivity contribution in [3.05, 3.63) is 65.2 Å². The van der Waals surface area contributed by atoms with Gasteiger partial charge < -0.3 is 18.9 Å². The second-order valence-corrected chi connectivity index (χ2v) is 7.38. The maximum absolute atomic E-state index is 11.5. The zero-order valence-corrected chi connectivity index (χ0v) is 17.6. The van der Waals surface area contributed by atoms with Crippen molar-refractivity contribution in [3.8, 4) is 11.8 Å². The molecule has 0 N–H and O–H groups in total. The normalized spacial score (nSPS) is 20.4. The second-order valence-electron chi connectivity index (χ2n) is 7.38. The first kappa shape index (κ1) is 22.3. The first-order valence-electron chi connectivity index (χ1n) is 10.1. The fourth-order valence-corrected chi connectivity index (χ4v) is 3.56. The molecule has 0 aromatic heterocycles. The molecule has 0 aliphatic carbocycles. The predicted octanol–water partition coefficient (Wildman–Crippen LogP) is 3.85. The molecule has 0 spiro atoms. The summed E-state index contributed by atoms with van der Waals surface area (Å²) >= 11 is 0. The summed E-state index contributed by atoms with van der Waals surface area (Å²) in [6.07, 6.45) is -0.199. The van der Waals surface area contributed by atoms with Crippen LogP contribution in [0.15, 0.2) is 48.5 Å². The minimum atomic E-state index is -0.397. The largest absolute Gasteiger partial charge is 0.489 e. The van der Waals surface area contributed by atoms with Crippen molar-refractivity contribution in [2.75, 3.05) is 6.61 Å². The van der Waals surface area contributed by atoms with Gasteiger partial charge in [-0.15, -0.1) is 0 Å². The minimum Gasteiger partial charge on any atom is -0.489 e. The van der Waals surface area contributed by atoms with Gasteiger partial charge in [-0.25, -0.2) is 0 Å². The van der Waals surface area contributed by atoms with Crippen LogP contribution in [0.1, 0.15) is 49.5 Å². The second kappa shape index (κ2) is 10.6. The molecule has 1 saturated heterocycles. The quantitative estimate of drug-likeness (QED) is 0.624. The molecular weight excluding hydrogens is 398 g/mol. The van der Waals surface area contributed by atoms with E-state index in [1.165, 1.54) is 13.8 Å². The number of hydrogen-bond donors (Lipinski definition) is 0. The predicted molar refractivity (Wildman–Crippen MR) is 111 cm³/mol. The first-order valence-corrected chi connectivity index (χ1v) is 10.1. The summed E-state index contributed by atoms with van der Waals surface area (Å²) in [5.41, 5.74) is 2.09. The molecule has 0 bridgehead atoms. The number of nitrogens with zero attached hydrogens (tertiary/aromatic N) is 1. The molecule has 1 fully saturated rings. The molecule has 1 aliphatic heterocycles. The molecule has 3 atom stereocenters. The molecular formula is C24H25NO6. The van der Waals surface area contributed by atoms with E-state index in [-0.39, 0.29) is 31.4 Å². The van der Waals surface area contributed by atoms with Crippen LogP contribution < -0.4 is 4.74 Å². The molecule has 3 unspecified atom stereocenters. The Morgan fingerprint density at radius 2 is 1.87 bits per heavy atom. The average molecular weight is 423 g/mol. The Hall–Kier alpha value is -3.37. The van der Waals surface area contributed by atoms with Gasteiger partial charge in [-0.05, 0) is 29.8 Å². The molecule has 162 valence electrons. The van der Waals surface area contributed by atoms with Crippen molar-refractivity contribution in [2.45, 2.75) is 51.6 Å². The third-order valence-electron chi connectivity index (χ3n) is 4.92. The Balaban J connectivity index is 1.78. The van der Waals surface area contributed by atoms with Crippen LogP contribution in [0.2, 0.25) is 0 Å². The Labute approximate surface area is 181 Å². The summed E-state index contributed by atoms with van der Waals surface area (Å²) < 4.78 is 22.5. The molecule has 0 amide bonds. The van der Waals surface area contributed by atoms with E-state index in [2.05, 4.69) is 6.07 Å². The van der Waals surface area contributed by atoms with Crippen LogP contribution in [0, 0.1) is 11.3 Å². The van der Waals surface area contributed by atoms with Crippen LogP contribution >= 0.6 is 0 Å². The van der Waals surface area contributed by atoms with Crippen LogP contribution in [0.4, 0.5) is 0 Å². The van der Waals surface area contributed by atoms with Gasteiger partial charge in [-0.2, -0.15) is 5.26 Å². The first-order chi connectivity index (χ1) is 14.9. The van der Waals surface area contributed by atoms with E-state index in [0.717, 1.165) is 11.1 Å². The van der Waals surface area contributed by atoms with Gasteiger partial charge in [-0.3, -0.25) is 9.59 Å². The van der Waals surface area contributed by atoms with Gasteiger partial charge in [0.05, 0.1) is 23.8 Å². The molecule has 1 aliphatic rings. The van der Waals surface area contributed by atoms with Gasteiger partial charge >= 0.3 is 11.9 Å². The molecule has 31 heavy (non-hydrogen) atoms. The van der Waals surface area contributed by atoms with Gasteiger partial charge in [-0.1, -0.05) is 24.3 Å². The number of carbonyl (C=O) groups excluding carboxylic acids is 2. The van der Waals surface area contributed by atoms with Crippen molar-refractivity contribution >= 4 is 11.9 Å². The Bertz CT molecular complexity index is 952. The molecule has 7 heteroatoms. The van der Waals surface area contributed by atoms with E-state index in [9.17, 15) is 14.9 Å². The van der Waals surface area contributed by atoms with Crippen molar-refractivity contribution in [2.24, 2.45) is 0 Å². The summed E-state index contributed by atoms with van der Waals surface area (Å²) in [7, 11) is 0. The summed E-state index contributed by atoms with van der Waals surface area (Å²) in [5.74, 6) is -0.0516. The highest BCUT2D eigenvalue weighted by atomic mass is 16.6. The minimum absolute atomic E-state index is 0.0872. The van der Waals surface area contributed by atoms with Crippen LogP contribution in [0.5, 0.6) is 5.75 Å². The maximum atomic E-state index is 11.5. The number of ether oxygens (including phenoxy) is 4. The summed E-state index contributed by atoms with van der Waals surface area (Å²) in [6, 6.07) is 17.0. The summed E-state index contributed by atoms with van der Waals surface area (Å²) in [4.78, 5) is 22.7. The third kappa shape index (κ3) is 6.56. The number of nitriles is 1. The lowest BCUT2D eigenvalue weighted by Gasteiger charge is -2.35. The van der Waals surface area contributed by atoms with Crippen molar-refractivity contribution in [1.29, 1.82) is 5.26 Å². The van der Waals surface area contributed by atoms with Gasteiger partial charge in [0.2, 0.25) is 0 Å². The van der Waals surface area contributed by atoms with E-state index < -0.39 is 12.1 Å². The molecule has 0 radical (unpaired) electrons. The monoisotopic (exact) mass is 423 g/mol. The highest BCUT2D eigenvalue weighted by molar-refractivity contribution is 5.66. The average Bonchev–Trinajstić information content (AvgIpc) is 2.76. The zero-order chi connectivity index (χ0) is 22.2. The standard InChI is InChI=1S/C24H25NO6/c1-16(26)28-15-23-11-22(30-17(2)27)12-24(31-23)18-8-9-19(13-25)20(10-18)14-29-21-6-4-3-5-7-21/h3-10,22-24H,11-12,14-15H2,1-2H3. The van der Waals surface area contributed by atoms with Gasteiger partial charge in [0.25, 0.3) is 0 Å². The van der Waals surface area contributed by atoms with E-state index in [1.807, 2.05) is 42.5 Å². The lowest BCUT2D eigenvalue weighted by atomic mass is 9.94. The molecule has 7 nitrogen and oxygen atoms in total. The lowest BCUT2D eigenvalue weighted by molar-refractivity contribution is -0.169. The summed E-state index contributed by atoms with van der Waals surface area (Å²) in [6.45, 7) is 3.03. The Morgan fingerprint density at radius 3 is 2.55 bits per heavy atom. The van der Waals surface area contributed by atoms with Crippen LogP contribution in [-0.2, 0) is 30.4 Å². The van der Waals surface area contributed by atoms with E-state index in [1.54, 1.807) is 6.07 Å². The Morgan fingerprint density at radius 1 is 1.10 bits per heavy atom. The van der Waals surface area contributed by atoms with Gasteiger partial charge in [0.15, 0.2) is 0 Å². The smallest absolute Gasteiger partial charge is 0.302 e. The topological polar surface area (TPSA) is 94.9 Å². The number of benzene rings is 2. The maximum Gasteiger partial charge on any atom is 0.302 e. The van der Waals surface area contributed by atoms with E-state index in [0.29, 0.717) is 24.2 Å². The fourth-order valence-electron chi connectivity index (χ4n) is 3.56. The molecule has 2 aromatic rings. The Kier molecular flexibility index (Phi) is 7.63. The number of carbonyl (C=O) groups is 2. The third-order valence-corrected chi connectivity index (χ3v) is 4.92. The van der Waals surface area contributed by atoms with Crippen LogP contribution in [-0.4, -0.2) is 30.8 Å². The number of esters is 2. The van der Waals surface area contributed by atoms with Crippen LogP contribution in [0.25, 0.3) is 0 Å². The van der Waals surface area contributed by atoms with Crippen molar-refractivity contribution < 1.29 is 28.5 Å². The van der Waals surface area contributed by atoms with Crippen LogP contribution in [0.3, 0.4) is 0 Å². The van der Waals surface area contributed by atoms with Gasteiger partial charge in [0, 0.05) is 32.3 Å². The fraction of sp³-hybridized carbons (Fsp3) is 0.375. The lowest BCUT2D eigenvalue weighted by Crippen LogP contribution is -2.36. The summed E-state index contributed by atoms with van der Waals surface area (Å²) in [5, 5.41) is 9.48. The van der Waals surface area contributed by atoms with Gasteiger partial charge in [0.1, 0.15) is 25.1 Å². The SMILES string of the molecule is CC(=O)OCC1CC(OC(C)=O)CC(c2ccc(C#N)c(COc3ccccc3)c2)O1. The van der Waals surface area contributed by atoms with E-state index >= 15 is 0 Å². The molecule has 3 rings (SSSR count). The molecule has 0 saturated carbocycles. The van der Waals surface area contributed by atoms with Crippen molar-refractivity contribution in [3.63, 3.8) is 0 Å². The molecule has 2 aromatic carbocycles. The highest BCUT2D eigenvalue weighted by Gasteiger charge is 2.33. The highest BCUT2D eigenvalue weighted by Crippen LogP contribution is 2.34. The molecule has 1 heterocycles. The number of rotatable bonds is 7. The number of para-hydroxylation sites is 1.